The van der Waals surface area contributed by atoms with E-state index in [1.807, 2.05) is 13.0 Å². The third-order valence-electron chi connectivity index (χ3n) is 7.40. The van der Waals surface area contributed by atoms with Gasteiger partial charge in [0.2, 0.25) is 0 Å². The second kappa shape index (κ2) is 7.55. The molecular formula is C20H30O7S. The molecule has 7 nitrogen and oxygen atoms in total. The van der Waals surface area contributed by atoms with Gasteiger partial charge in [0.1, 0.15) is 6.61 Å². The third kappa shape index (κ3) is 3.79. The maximum absolute atomic E-state index is 11.8. The number of hydrogen-bond donors (Lipinski definition) is 2. The van der Waals surface area contributed by atoms with E-state index in [1.54, 1.807) is 0 Å². The average molecular weight is 415 g/mol. The van der Waals surface area contributed by atoms with Crippen molar-refractivity contribution in [3.05, 3.63) is 23.8 Å². The van der Waals surface area contributed by atoms with Crippen LogP contribution in [0.2, 0.25) is 0 Å². The lowest BCUT2D eigenvalue weighted by Gasteiger charge is -2.60. The summed E-state index contributed by atoms with van der Waals surface area (Å²) in [6.07, 6.45) is 5.09. The summed E-state index contributed by atoms with van der Waals surface area (Å²) in [7, 11) is -4.60. The van der Waals surface area contributed by atoms with Gasteiger partial charge in [-0.25, -0.2) is 8.98 Å². The highest BCUT2D eigenvalue weighted by Gasteiger charge is 2.58. The molecule has 0 saturated heterocycles. The normalized spacial score (nSPS) is 38.7. The summed E-state index contributed by atoms with van der Waals surface area (Å²) >= 11 is 0. The number of carbonyl (C=O) groups is 1. The van der Waals surface area contributed by atoms with Gasteiger partial charge in [-0.2, -0.15) is 8.42 Å². The minimum absolute atomic E-state index is 0.00510. The molecule has 0 aromatic rings. The summed E-state index contributed by atoms with van der Waals surface area (Å²) in [5.41, 5.74) is 0.842. The molecule has 0 radical (unpaired) electrons. The highest BCUT2D eigenvalue weighted by atomic mass is 32.3. The minimum Gasteiger partial charge on any atom is -0.458 e. The van der Waals surface area contributed by atoms with Crippen LogP contribution in [0.3, 0.4) is 0 Å². The Balaban J connectivity index is 1.85. The summed E-state index contributed by atoms with van der Waals surface area (Å²) < 4.78 is 41.8. The molecule has 2 N–H and O–H groups in total. The Bertz CT molecular complexity index is 786. The van der Waals surface area contributed by atoms with E-state index >= 15 is 0 Å². The lowest BCUT2D eigenvalue weighted by molar-refractivity contribution is -0.144. The second-order valence-electron chi connectivity index (χ2n) is 8.89. The molecule has 2 saturated carbocycles. The van der Waals surface area contributed by atoms with Crippen LogP contribution in [0.1, 0.15) is 52.4 Å². The number of aliphatic hydroxyl groups is 1. The van der Waals surface area contributed by atoms with Crippen molar-refractivity contribution >= 4 is 16.4 Å². The smallest absolute Gasteiger partial charge is 0.397 e. The van der Waals surface area contributed by atoms with Crippen molar-refractivity contribution in [1.29, 1.82) is 0 Å². The van der Waals surface area contributed by atoms with Crippen molar-refractivity contribution in [2.24, 2.45) is 22.7 Å². The molecule has 0 aromatic heterocycles. The van der Waals surface area contributed by atoms with E-state index in [-0.39, 0.29) is 29.8 Å². The number of cyclic esters (lactones) is 1. The number of fused-ring (bicyclic) bond motifs is 1. The fourth-order valence-corrected chi connectivity index (χ4v) is 6.53. The number of ether oxygens (including phenoxy) is 1. The van der Waals surface area contributed by atoms with E-state index in [0.29, 0.717) is 31.4 Å². The highest BCUT2D eigenvalue weighted by Crippen LogP contribution is 2.62. The van der Waals surface area contributed by atoms with Crippen LogP contribution in [0, 0.1) is 22.7 Å². The van der Waals surface area contributed by atoms with E-state index in [1.165, 1.54) is 0 Å². The number of carbonyl (C=O) groups excluding carboxylic acids is 1. The zero-order chi connectivity index (χ0) is 20.7. The van der Waals surface area contributed by atoms with Gasteiger partial charge < -0.3 is 9.84 Å². The topological polar surface area (TPSA) is 110 Å². The van der Waals surface area contributed by atoms with Gasteiger partial charge in [-0.3, -0.25) is 4.55 Å². The molecule has 0 aromatic carbocycles. The molecule has 158 valence electrons. The fourth-order valence-electron chi connectivity index (χ4n) is 5.92. The van der Waals surface area contributed by atoms with E-state index in [4.69, 9.17) is 8.92 Å². The maximum atomic E-state index is 11.8. The van der Waals surface area contributed by atoms with Crippen LogP contribution in [0.4, 0.5) is 0 Å². The van der Waals surface area contributed by atoms with Crippen LogP contribution in [-0.2, 0) is 24.1 Å². The third-order valence-corrected chi connectivity index (χ3v) is 7.88. The van der Waals surface area contributed by atoms with Crippen molar-refractivity contribution in [1.82, 2.24) is 0 Å². The molecule has 5 unspecified atom stereocenters. The van der Waals surface area contributed by atoms with Gasteiger partial charge in [-0.05, 0) is 61.9 Å². The molecule has 3 rings (SSSR count). The Morgan fingerprint density at radius 3 is 2.64 bits per heavy atom. The Kier molecular flexibility index (Phi) is 5.80. The van der Waals surface area contributed by atoms with Crippen molar-refractivity contribution in [2.45, 2.75) is 58.5 Å². The largest absolute Gasteiger partial charge is 0.458 e. The maximum Gasteiger partial charge on any atom is 0.397 e. The first-order valence-corrected chi connectivity index (χ1v) is 11.2. The number of esters is 1. The Morgan fingerprint density at radius 2 is 2.07 bits per heavy atom. The summed E-state index contributed by atoms with van der Waals surface area (Å²) in [4.78, 5) is 11.8. The van der Waals surface area contributed by atoms with E-state index in [0.717, 1.165) is 24.8 Å². The molecule has 0 spiro atoms. The predicted octanol–water partition coefficient (Wildman–Crippen LogP) is 2.82. The van der Waals surface area contributed by atoms with Gasteiger partial charge in [0, 0.05) is 11.0 Å². The van der Waals surface area contributed by atoms with Gasteiger partial charge in [0.25, 0.3) is 0 Å². The second-order valence-corrected chi connectivity index (χ2v) is 9.94. The average Bonchev–Trinajstić information content (AvgIpc) is 3.01. The molecule has 5 atom stereocenters. The van der Waals surface area contributed by atoms with E-state index in [2.05, 4.69) is 13.5 Å². The zero-order valence-electron chi connectivity index (χ0n) is 16.5. The van der Waals surface area contributed by atoms with Crippen LogP contribution in [0.25, 0.3) is 0 Å². The zero-order valence-corrected chi connectivity index (χ0v) is 17.3. The Morgan fingerprint density at radius 1 is 1.36 bits per heavy atom. The first kappa shape index (κ1) is 21.5. The fraction of sp³-hybridized carbons (Fsp3) is 0.750. The van der Waals surface area contributed by atoms with Crippen LogP contribution >= 0.6 is 0 Å². The van der Waals surface area contributed by atoms with Gasteiger partial charge >= 0.3 is 16.4 Å². The Labute approximate surface area is 166 Å². The molecule has 0 bridgehead atoms. The van der Waals surface area contributed by atoms with Gasteiger partial charge in [-0.15, -0.1) is 0 Å². The SMILES string of the molecule is C=C1CCC2C(C)(CO)C(OS(=O)(=O)O)CCC2(C)C1CCC1=CCOC1=O. The van der Waals surface area contributed by atoms with E-state index in [9.17, 15) is 22.9 Å². The monoisotopic (exact) mass is 414 g/mol. The number of hydrogen-bond acceptors (Lipinski definition) is 6. The van der Waals surface area contributed by atoms with Crippen molar-refractivity contribution < 1.29 is 31.8 Å². The molecule has 0 amide bonds. The highest BCUT2D eigenvalue weighted by molar-refractivity contribution is 7.80. The molecule has 1 aliphatic heterocycles. The van der Waals surface area contributed by atoms with E-state index < -0.39 is 21.9 Å². The molecule has 8 heteroatoms. The van der Waals surface area contributed by atoms with Gasteiger partial charge in [0.15, 0.2) is 0 Å². The van der Waals surface area contributed by atoms with Gasteiger partial charge in [-0.1, -0.05) is 26.0 Å². The van der Waals surface area contributed by atoms with Crippen molar-refractivity contribution in [3.8, 4) is 0 Å². The minimum atomic E-state index is -4.60. The summed E-state index contributed by atoms with van der Waals surface area (Å²) in [5, 5.41) is 10.2. The van der Waals surface area contributed by atoms with Crippen molar-refractivity contribution in [3.63, 3.8) is 0 Å². The molecule has 1 heterocycles. The van der Waals surface area contributed by atoms with Crippen LogP contribution in [-0.4, -0.2) is 43.4 Å². The number of allylic oxidation sites excluding steroid dienone is 1. The number of aliphatic hydroxyl groups excluding tert-OH is 1. The molecule has 2 aliphatic carbocycles. The number of rotatable bonds is 6. The lowest BCUT2D eigenvalue weighted by Crippen LogP contribution is -2.58. The van der Waals surface area contributed by atoms with Gasteiger partial charge in [0.05, 0.1) is 12.7 Å². The predicted molar refractivity (Wildman–Crippen MR) is 103 cm³/mol. The van der Waals surface area contributed by atoms with Crippen LogP contribution < -0.4 is 0 Å². The first-order valence-electron chi connectivity index (χ1n) is 9.81. The summed E-state index contributed by atoms with van der Waals surface area (Å²) in [6, 6.07) is 0. The standard InChI is InChI=1S/C20H30O7S/c1-13-4-7-16-19(2,15(13)6-5-14-9-11-26-18(14)22)10-8-17(20(16,3)12-21)27-28(23,24)25/h9,15-17,21H,1,4-8,10-12H2,2-3H3,(H,23,24,25). The summed E-state index contributed by atoms with van der Waals surface area (Å²) in [5.74, 6) is -0.0998. The quantitative estimate of drug-likeness (QED) is 0.391. The van der Waals surface area contributed by atoms with Crippen LogP contribution in [0.5, 0.6) is 0 Å². The molecule has 3 aliphatic rings. The Hall–Kier alpha value is -1.22. The molecule has 2 fully saturated rings. The first-order chi connectivity index (χ1) is 13.0. The molecule has 28 heavy (non-hydrogen) atoms. The van der Waals surface area contributed by atoms with Crippen molar-refractivity contribution in [2.75, 3.05) is 13.2 Å². The molecular weight excluding hydrogens is 384 g/mol. The summed E-state index contributed by atoms with van der Waals surface area (Å²) in [6.45, 7) is 8.39. The van der Waals surface area contributed by atoms with Crippen LogP contribution in [0.15, 0.2) is 23.8 Å². The lowest BCUT2D eigenvalue weighted by atomic mass is 9.46.